The van der Waals surface area contributed by atoms with E-state index in [0.717, 1.165) is 13.0 Å². The molecule has 5 heteroatoms. The minimum absolute atomic E-state index is 0.0644. The Morgan fingerprint density at radius 3 is 3.00 bits per heavy atom. The van der Waals surface area contributed by atoms with Crippen LogP contribution in [0.1, 0.15) is 29.8 Å². The molecular weight excluding hydrogens is 268 g/mol. The fourth-order valence-electron chi connectivity index (χ4n) is 2.62. The van der Waals surface area contributed by atoms with Crippen molar-refractivity contribution in [3.63, 3.8) is 0 Å². The fourth-order valence-corrected chi connectivity index (χ4v) is 2.62. The number of amides is 1. The van der Waals surface area contributed by atoms with Crippen molar-refractivity contribution in [2.45, 2.75) is 25.3 Å². The molecule has 21 heavy (non-hydrogen) atoms. The lowest BCUT2D eigenvalue weighted by atomic mass is 10.1. The molecule has 1 saturated heterocycles. The lowest BCUT2D eigenvalue weighted by molar-refractivity contribution is 0.0920. The predicted molar refractivity (Wildman–Crippen MR) is 80.5 cm³/mol. The summed E-state index contributed by atoms with van der Waals surface area (Å²) in [6.07, 6.45) is 3.42. The Morgan fingerprint density at radius 2 is 2.19 bits per heavy atom. The highest BCUT2D eigenvalue weighted by molar-refractivity contribution is 5.93. The molecule has 2 N–H and O–H groups in total. The first-order chi connectivity index (χ1) is 10.2. The summed E-state index contributed by atoms with van der Waals surface area (Å²) in [4.78, 5) is 24.1. The van der Waals surface area contributed by atoms with E-state index in [1.54, 1.807) is 24.3 Å². The maximum atomic E-state index is 12.1. The highest BCUT2D eigenvalue weighted by atomic mass is 16.3. The van der Waals surface area contributed by atoms with Gasteiger partial charge >= 0.3 is 0 Å². The molecule has 1 unspecified atom stereocenters. The number of para-hydroxylation sites is 1. The van der Waals surface area contributed by atoms with E-state index in [1.165, 1.54) is 18.9 Å². The summed E-state index contributed by atoms with van der Waals surface area (Å²) < 4.78 is 5.51. The first-order valence-corrected chi connectivity index (χ1v) is 7.28. The van der Waals surface area contributed by atoms with Gasteiger partial charge in [0.25, 0.3) is 5.91 Å². The molecule has 1 aliphatic rings. The third-order valence-corrected chi connectivity index (χ3v) is 3.78. The Balaban J connectivity index is 1.73. The van der Waals surface area contributed by atoms with Crippen LogP contribution in [0.2, 0.25) is 0 Å². The second kappa shape index (κ2) is 6.10. The van der Waals surface area contributed by atoms with Crippen molar-refractivity contribution in [3.05, 3.63) is 46.3 Å². The Hall–Kier alpha value is -2.14. The van der Waals surface area contributed by atoms with E-state index in [1.807, 2.05) is 0 Å². The second-order valence-corrected chi connectivity index (χ2v) is 5.33. The number of benzene rings is 1. The number of hydrogen-bond acceptors (Lipinski definition) is 4. The third kappa shape index (κ3) is 3.13. The molecule has 1 atom stereocenters. The van der Waals surface area contributed by atoms with Gasteiger partial charge in [0.15, 0.2) is 11.2 Å². The standard InChI is InChI=1S/C16H18N2O3/c19-13-9-15(21-14-7-2-1-6-12(13)14)16(20)18-10-11-5-3-4-8-17-11/h1-2,6-7,9,11,17H,3-5,8,10H2,(H,18,20). The van der Waals surface area contributed by atoms with Crippen LogP contribution in [0.4, 0.5) is 0 Å². The van der Waals surface area contributed by atoms with Gasteiger partial charge in [-0.2, -0.15) is 0 Å². The number of hydrogen-bond donors (Lipinski definition) is 2. The maximum Gasteiger partial charge on any atom is 0.287 e. The van der Waals surface area contributed by atoms with Crippen molar-refractivity contribution >= 4 is 16.9 Å². The number of carbonyl (C=O) groups excluding carboxylic acids is 1. The predicted octanol–water partition coefficient (Wildman–Crippen LogP) is 1.66. The Labute approximate surface area is 122 Å². The summed E-state index contributed by atoms with van der Waals surface area (Å²) in [5, 5.41) is 6.68. The van der Waals surface area contributed by atoms with Crippen LogP contribution >= 0.6 is 0 Å². The summed E-state index contributed by atoms with van der Waals surface area (Å²) in [6, 6.07) is 8.48. The minimum atomic E-state index is -0.342. The third-order valence-electron chi connectivity index (χ3n) is 3.78. The molecule has 0 radical (unpaired) electrons. The van der Waals surface area contributed by atoms with Crippen molar-refractivity contribution in [1.82, 2.24) is 10.6 Å². The molecule has 1 amide bonds. The van der Waals surface area contributed by atoms with Crippen LogP contribution in [0, 0.1) is 0 Å². The smallest absolute Gasteiger partial charge is 0.287 e. The molecule has 110 valence electrons. The van der Waals surface area contributed by atoms with E-state index >= 15 is 0 Å². The van der Waals surface area contributed by atoms with E-state index in [9.17, 15) is 9.59 Å². The molecule has 5 nitrogen and oxygen atoms in total. The molecule has 0 bridgehead atoms. The molecule has 0 saturated carbocycles. The molecule has 2 aromatic rings. The molecule has 1 aliphatic heterocycles. The van der Waals surface area contributed by atoms with Gasteiger partial charge in [-0.15, -0.1) is 0 Å². The zero-order chi connectivity index (χ0) is 14.7. The summed E-state index contributed by atoms with van der Waals surface area (Å²) in [7, 11) is 0. The first kappa shape index (κ1) is 13.8. The van der Waals surface area contributed by atoms with Crippen LogP contribution in [-0.4, -0.2) is 25.0 Å². The van der Waals surface area contributed by atoms with Crippen LogP contribution in [0.25, 0.3) is 11.0 Å². The molecule has 1 aromatic carbocycles. The van der Waals surface area contributed by atoms with Crippen LogP contribution in [-0.2, 0) is 0 Å². The van der Waals surface area contributed by atoms with Gasteiger partial charge in [-0.1, -0.05) is 18.6 Å². The summed E-state index contributed by atoms with van der Waals surface area (Å²) >= 11 is 0. The highest BCUT2D eigenvalue weighted by Gasteiger charge is 2.16. The van der Waals surface area contributed by atoms with E-state index in [2.05, 4.69) is 10.6 Å². The molecule has 1 fully saturated rings. The van der Waals surface area contributed by atoms with E-state index in [0.29, 0.717) is 23.6 Å². The van der Waals surface area contributed by atoms with Crippen LogP contribution in [0.5, 0.6) is 0 Å². The van der Waals surface area contributed by atoms with Crippen LogP contribution < -0.4 is 16.1 Å². The second-order valence-electron chi connectivity index (χ2n) is 5.33. The van der Waals surface area contributed by atoms with Gasteiger partial charge in [-0.05, 0) is 31.5 Å². The molecular formula is C16H18N2O3. The molecule has 2 heterocycles. The lowest BCUT2D eigenvalue weighted by Crippen LogP contribution is -2.43. The first-order valence-electron chi connectivity index (χ1n) is 7.28. The van der Waals surface area contributed by atoms with Gasteiger partial charge in [0.05, 0.1) is 5.39 Å². The van der Waals surface area contributed by atoms with E-state index in [-0.39, 0.29) is 17.1 Å². The summed E-state index contributed by atoms with van der Waals surface area (Å²) in [6.45, 7) is 1.54. The van der Waals surface area contributed by atoms with Crippen LogP contribution in [0.15, 0.2) is 39.5 Å². The van der Waals surface area contributed by atoms with Gasteiger partial charge in [0.2, 0.25) is 0 Å². The average Bonchev–Trinajstić information content (AvgIpc) is 2.53. The summed E-state index contributed by atoms with van der Waals surface area (Å²) in [5.41, 5.74) is 0.240. The maximum absolute atomic E-state index is 12.1. The number of piperidine rings is 1. The Bertz CT molecular complexity index is 702. The Kier molecular flexibility index (Phi) is 4.01. The number of nitrogens with one attached hydrogen (secondary N) is 2. The van der Waals surface area contributed by atoms with Gasteiger partial charge in [0, 0.05) is 18.7 Å². The van der Waals surface area contributed by atoms with Gasteiger partial charge in [-0.3, -0.25) is 9.59 Å². The number of carbonyl (C=O) groups is 1. The zero-order valence-corrected chi connectivity index (χ0v) is 11.7. The SMILES string of the molecule is O=C(NCC1CCCCN1)c1cc(=O)c2ccccc2o1. The topological polar surface area (TPSA) is 71.3 Å². The van der Waals surface area contributed by atoms with Crippen molar-refractivity contribution in [2.24, 2.45) is 0 Å². The monoisotopic (exact) mass is 286 g/mol. The molecule has 3 rings (SSSR count). The highest BCUT2D eigenvalue weighted by Crippen LogP contribution is 2.12. The fraction of sp³-hybridized carbons (Fsp3) is 0.375. The lowest BCUT2D eigenvalue weighted by Gasteiger charge is -2.23. The molecule has 0 aliphatic carbocycles. The Morgan fingerprint density at radius 1 is 1.33 bits per heavy atom. The quantitative estimate of drug-likeness (QED) is 0.900. The number of fused-ring (bicyclic) bond motifs is 1. The van der Waals surface area contributed by atoms with Crippen molar-refractivity contribution < 1.29 is 9.21 Å². The van der Waals surface area contributed by atoms with Crippen molar-refractivity contribution in [2.75, 3.05) is 13.1 Å². The van der Waals surface area contributed by atoms with Gasteiger partial charge in [-0.25, -0.2) is 0 Å². The summed E-state index contributed by atoms with van der Waals surface area (Å²) in [5.74, 6) is -0.278. The van der Waals surface area contributed by atoms with Gasteiger partial charge < -0.3 is 15.1 Å². The van der Waals surface area contributed by atoms with Crippen molar-refractivity contribution in [1.29, 1.82) is 0 Å². The van der Waals surface area contributed by atoms with Crippen molar-refractivity contribution in [3.8, 4) is 0 Å². The van der Waals surface area contributed by atoms with Gasteiger partial charge in [0.1, 0.15) is 5.58 Å². The van der Waals surface area contributed by atoms with E-state index < -0.39 is 0 Å². The minimum Gasteiger partial charge on any atom is -0.451 e. The normalized spacial score (nSPS) is 18.6. The van der Waals surface area contributed by atoms with E-state index in [4.69, 9.17) is 4.42 Å². The number of rotatable bonds is 3. The largest absolute Gasteiger partial charge is 0.451 e. The zero-order valence-electron chi connectivity index (χ0n) is 11.7. The molecule has 0 spiro atoms. The molecule has 1 aromatic heterocycles. The van der Waals surface area contributed by atoms with Crippen LogP contribution in [0.3, 0.4) is 0 Å². The average molecular weight is 286 g/mol.